The quantitative estimate of drug-likeness (QED) is 0.0222. The third kappa shape index (κ3) is 68.6. The first-order valence-electron chi connectivity index (χ1n) is 39.1. The summed E-state index contributed by atoms with van der Waals surface area (Å²) in [6.07, 6.45) is 57.2. The minimum atomic E-state index is -4.95. The van der Waals surface area contributed by atoms with E-state index >= 15 is 0 Å². The zero-order chi connectivity index (χ0) is 69.1. The lowest BCUT2D eigenvalue weighted by molar-refractivity contribution is -0.161. The molecule has 2 unspecified atom stereocenters. The molecule has 0 radical (unpaired) electrons. The summed E-state index contributed by atoms with van der Waals surface area (Å²) in [4.78, 5) is 72.5. The van der Waals surface area contributed by atoms with Gasteiger partial charge in [-0.15, -0.1) is 0 Å². The Morgan fingerprint density at radius 1 is 0.287 bits per heavy atom. The van der Waals surface area contributed by atoms with E-state index in [9.17, 15) is 43.2 Å². The second kappa shape index (κ2) is 68.2. The highest BCUT2D eigenvalue weighted by molar-refractivity contribution is 7.47. The standard InChI is InChI=1S/C75H146O17P2/c1-6-9-12-15-18-21-22-23-24-25-26-27-28-31-35-38-41-46-51-56-61-75(80)92-71(65-86-73(78)59-54-49-45-40-37-34-32-29-30-33-36-39-42-47-52-57-68(4)5)67-90-94(83,84)88-63-69(76)62-87-93(81,82)89-66-70(91-74(79)60-55-50-44-20-17-14-11-8-3)64-85-72(77)58-53-48-43-19-16-13-10-7-2/h68-71,76H,6-67H2,1-5H3,(H,81,82)(H,83,84)/t69-,70+,71+/m0/s1. The molecule has 94 heavy (non-hydrogen) atoms. The van der Waals surface area contributed by atoms with Gasteiger partial charge in [0.05, 0.1) is 26.4 Å². The van der Waals surface area contributed by atoms with Crippen LogP contribution < -0.4 is 0 Å². The normalized spacial score (nSPS) is 14.0. The number of phosphoric ester groups is 2. The maximum absolute atomic E-state index is 13.1. The second-order valence-corrected chi connectivity index (χ2v) is 30.4. The molecule has 0 bridgehead atoms. The summed E-state index contributed by atoms with van der Waals surface area (Å²) in [5.41, 5.74) is 0. The Balaban J connectivity index is 5.14. The molecule has 3 N–H and O–H groups in total. The molecule has 0 aliphatic carbocycles. The van der Waals surface area contributed by atoms with Crippen molar-refractivity contribution in [2.24, 2.45) is 5.92 Å². The van der Waals surface area contributed by atoms with Crippen molar-refractivity contribution in [1.29, 1.82) is 0 Å². The molecule has 0 saturated carbocycles. The van der Waals surface area contributed by atoms with Crippen LogP contribution in [0.5, 0.6) is 0 Å². The fraction of sp³-hybridized carbons (Fsp3) is 0.947. The number of phosphoric acid groups is 2. The number of esters is 4. The summed E-state index contributed by atoms with van der Waals surface area (Å²) >= 11 is 0. The van der Waals surface area contributed by atoms with Crippen molar-refractivity contribution in [1.82, 2.24) is 0 Å². The summed E-state index contributed by atoms with van der Waals surface area (Å²) < 4.78 is 68.3. The molecule has 0 heterocycles. The lowest BCUT2D eigenvalue weighted by atomic mass is 10.0. The zero-order valence-corrected chi connectivity index (χ0v) is 62.9. The lowest BCUT2D eigenvalue weighted by Crippen LogP contribution is -2.30. The average Bonchev–Trinajstić information content (AvgIpc) is 1.99. The lowest BCUT2D eigenvalue weighted by Gasteiger charge is -2.21. The molecule has 0 aliphatic rings. The largest absolute Gasteiger partial charge is 0.472 e. The molecule has 0 saturated heterocycles. The number of unbranched alkanes of at least 4 members (excludes halogenated alkanes) is 47. The molecule has 558 valence electrons. The van der Waals surface area contributed by atoms with Gasteiger partial charge < -0.3 is 33.8 Å². The Bertz CT molecular complexity index is 1810. The second-order valence-electron chi connectivity index (χ2n) is 27.5. The number of carbonyl (C=O) groups excluding carboxylic acids is 4. The molecule has 0 spiro atoms. The van der Waals surface area contributed by atoms with Crippen LogP contribution in [0.3, 0.4) is 0 Å². The van der Waals surface area contributed by atoms with Crippen LogP contribution in [0.25, 0.3) is 0 Å². The first-order valence-corrected chi connectivity index (χ1v) is 42.1. The van der Waals surface area contributed by atoms with E-state index in [1.54, 1.807) is 0 Å². The van der Waals surface area contributed by atoms with E-state index < -0.39 is 97.5 Å². The summed E-state index contributed by atoms with van der Waals surface area (Å²) in [5.74, 6) is -1.32. The van der Waals surface area contributed by atoms with Gasteiger partial charge in [0.25, 0.3) is 0 Å². The van der Waals surface area contributed by atoms with E-state index in [0.29, 0.717) is 25.7 Å². The SMILES string of the molecule is CCCCCCCCCCCCCCCCCCCCCCC(=O)O[C@H](COC(=O)CCCCCCCCCCCCCCCCCC(C)C)COP(=O)(O)OC[C@@H](O)COP(=O)(O)OC[C@@H](COC(=O)CCCCCCCCCC)OC(=O)CCCCCCCCCC. The van der Waals surface area contributed by atoms with Crippen LogP contribution in [0, 0.1) is 5.92 Å². The number of aliphatic hydroxyl groups excluding tert-OH is 1. The van der Waals surface area contributed by atoms with Crippen LogP contribution in [0.1, 0.15) is 394 Å². The molecule has 0 aromatic carbocycles. The van der Waals surface area contributed by atoms with Gasteiger partial charge in [0.1, 0.15) is 19.3 Å². The maximum Gasteiger partial charge on any atom is 0.472 e. The van der Waals surface area contributed by atoms with E-state index in [-0.39, 0.29) is 25.7 Å². The van der Waals surface area contributed by atoms with Crippen LogP contribution in [-0.4, -0.2) is 96.7 Å². The summed E-state index contributed by atoms with van der Waals surface area (Å²) in [6.45, 7) is 7.25. The van der Waals surface area contributed by atoms with Gasteiger partial charge >= 0.3 is 39.5 Å². The fourth-order valence-electron chi connectivity index (χ4n) is 11.5. The minimum absolute atomic E-state index is 0.105. The molecule has 0 amide bonds. The highest BCUT2D eigenvalue weighted by Crippen LogP contribution is 2.45. The smallest absolute Gasteiger partial charge is 0.462 e. The van der Waals surface area contributed by atoms with E-state index in [1.807, 2.05) is 0 Å². The Kier molecular flexibility index (Phi) is 66.8. The van der Waals surface area contributed by atoms with E-state index in [2.05, 4.69) is 34.6 Å². The predicted molar refractivity (Wildman–Crippen MR) is 382 cm³/mol. The van der Waals surface area contributed by atoms with Gasteiger partial charge in [-0.1, -0.05) is 343 Å². The zero-order valence-electron chi connectivity index (χ0n) is 61.1. The van der Waals surface area contributed by atoms with Crippen molar-refractivity contribution >= 4 is 39.5 Å². The molecule has 17 nitrogen and oxygen atoms in total. The number of aliphatic hydroxyl groups is 1. The molecule has 0 aromatic heterocycles. The van der Waals surface area contributed by atoms with Gasteiger partial charge in [-0.3, -0.25) is 37.3 Å². The highest BCUT2D eigenvalue weighted by Gasteiger charge is 2.30. The van der Waals surface area contributed by atoms with Crippen molar-refractivity contribution < 1.29 is 80.2 Å². The van der Waals surface area contributed by atoms with Crippen molar-refractivity contribution in [3.63, 3.8) is 0 Å². The van der Waals surface area contributed by atoms with Gasteiger partial charge in [-0.05, 0) is 31.6 Å². The van der Waals surface area contributed by atoms with Gasteiger partial charge in [0.2, 0.25) is 0 Å². The first kappa shape index (κ1) is 92.1. The molecule has 5 atom stereocenters. The minimum Gasteiger partial charge on any atom is -0.462 e. The van der Waals surface area contributed by atoms with Gasteiger partial charge in [0.15, 0.2) is 12.2 Å². The summed E-state index contributed by atoms with van der Waals surface area (Å²) in [5, 5.41) is 10.6. The van der Waals surface area contributed by atoms with Crippen molar-refractivity contribution in [2.45, 2.75) is 412 Å². The maximum atomic E-state index is 13.1. The van der Waals surface area contributed by atoms with Crippen molar-refractivity contribution in [3.8, 4) is 0 Å². The van der Waals surface area contributed by atoms with Crippen LogP contribution >= 0.6 is 15.6 Å². The molecular formula is C75H146O17P2. The Hall–Kier alpha value is -1.94. The first-order chi connectivity index (χ1) is 45.5. The van der Waals surface area contributed by atoms with E-state index in [4.69, 9.17) is 37.0 Å². The molecule has 0 aliphatic heterocycles. The Morgan fingerprint density at radius 2 is 0.489 bits per heavy atom. The summed E-state index contributed by atoms with van der Waals surface area (Å²) in [7, 11) is -9.90. The van der Waals surface area contributed by atoms with E-state index in [0.717, 1.165) is 109 Å². The molecule has 0 aromatic rings. The number of rotatable bonds is 75. The number of carbonyl (C=O) groups is 4. The van der Waals surface area contributed by atoms with Crippen molar-refractivity contribution in [3.05, 3.63) is 0 Å². The monoisotopic (exact) mass is 1380 g/mol. The number of ether oxygens (including phenoxy) is 4. The molecular weight excluding hydrogens is 1230 g/mol. The third-order valence-electron chi connectivity index (χ3n) is 17.5. The molecule has 0 fully saturated rings. The van der Waals surface area contributed by atoms with Gasteiger partial charge in [-0.2, -0.15) is 0 Å². The van der Waals surface area contributed by atoms with Crippen LogP contribution in [0.4, 0.5) is 0 Å². The topological polar surface area (TPSA) is 237 Å². The number of hydrogen-bond acceptors (Lipinski definition) is 15. The van der Waals surface area contributed by atoms with Gasteiger partial charge in [0, 0.05) is 25.7 Å². The van der Waals surface area contributed by atoms with Crippen LogP contribution in [0.2, 0.25) is 0 Å². The predicted octanol–water partition coefficient (Wildman–Crippen LogP) is 22.1. The van der Waals surface area contributed by atoms with Crippen LogP contribution in [0.15, 0.2) is 0 Å². The van der Waals surface area contributed by atoms with Crippen molar-refractivity contribution in [2.75, 3.05) is 39.6 Å². The summed E-state index contributed by atoms with van der Waals surface area (Å²) in [6, 6.07) is 0. The number of hydrogen-bond donors (Lipinski definition) is 3. The Labute approximate surface area is 575 Å². The molecule has 0 rings (SSSR count). The Morgan fingerprint density at radius 3 is 0.723 bits per heavy atom. The highest BCUT2D eigenvalue weighted by atomic mass is 31.2. The fourth-order valence-corrected chi connectivity index (χ4v) is 13.1. The molecule has 19 heteroatoms. The van der Waals surface area contributed by atoms with Crippen LogP contribution in [-0.2, 0) is 65.4 Å². The average molecular weight is 1380 g/mol. The van der Waals surface area contributed by atoms with E-state index in [1.165, 1.54) is 205 Å². The van der Waals surface area contributed by atoms with Gasteiger partial charge in [-0.25, -0.2) is 9.13 Å². The third-order valence-corrected chi connectivity index (χ3v) is 19.4.